The Morgan fingerprint density at radius 2 is 2.08 bits per heavy atom. The van der Waals surface area contributed by atoms with Gasteiger partial charge in [-0.05, 0) is 31.2 Å². The van der Waals surface area contributed by atoms with Crippen LogP contribution in [0.4, 0.5) is 0 Å². The summed E-state index contributed by atoms with van der Waals surface area (Å²) in [7, 11) is -2.91. The molecule has 0 aromatic rings. The number of sulfonamides is 1. The Labute approximate surface area is 79.1 Å². The normalized spacial score (nSPS) is 30.5. The summed E-state index contributed by atoms with van der Waals surface area (Å²) in [4.78, 5) is 0. The van der Waals surface area contributed by atoms with Gasteiger partial charge in [0.15, 0.2) is 0 Å². The minimum absolute atomic E-state index is 0.136. The highest BCUT2D eigenvalue weighted by Gasteiger charge is 2.45. The lowest BCUT2D eigenvalue weighted by atomic mass is 10.1. The Kier molecular flexibility index (Phi) is 2.13. The Hall–Kier alpha value is -0.130. The van der Waals surface area contributed by atoms with Crippen LogP contribution >= 0.6 is 0 Å². The molecule has 0 amide bonds. The molecule has 1 aliphatic carbocycles. The molecule has 13 heavy (non-hydrogen) atoms. The smallest absolute Gasteiger partial charge is 0.214 e. The molecule has 1 heterocycles. The van der Waals surface area contributed by atoms with Crippen LogP contribution in [0.2, 0.25) is 0 Å². The third kappa shape index (κ3) is 1.73. The summed E-state index contributed by atoms with van der Waals surface area (Å²) in [6.07, 6.45) is 2.97. The van der Waals surface area contributed by atoms with Crippen LogP contribution in [-0.4, -0.2) is 38.1 Å². The first-order valence-corrected chi connectivity index (χ1v) is 6.37. The summed E-state index contributed by atoms with van der Waals surface area (Å²) in [5.74, 6) is 0.327. The second-order valence-electron chi connectivity index (χ2n) is 4.21. The van der Waals surface area contributed by atoms with Crippen molar-refractivity contribution >= 4 is 10.0 Å². The van der Waals surface area contributed by atoms with Crippen molar-refractivity contribution in [3.05, 3.63) is 0 Å². The van der Waals surface area contributed by atoms with Gasteiger partial charge < -0.3 is 5.73 Å². The second-order valence-corrected chi connectivity index (χ2v) is 6.30. The van der Waals surface area contributed by atoms with Crippen molar-refractivity contribution in [3.8, 4) is 0 Å². The van der Waals surface area contributed by atoms with Gasteiger partial charge in [-0.3, -0.25) is 0 Å². The van der Waals surface area contributed by atoms with Crippen LogP contribution in [0.5, 0.6) is 0 Å². The highest BCUT2D eigenvalue weighted by molar-refractivity contribution is 7.89. The summed E-state index contributed by atoms with van der Waals surface area (Å²) in [5, 5.41) is 0. The minimum atomic E-state index is -2.91. The summed E-state index contributed by atoms with van der Waals surface area (Å²) < 4.78 is 24.6. The SMILES string of the molecule is NCC1(CN2CCCS2(=O)=O)CC1. The zero-order chi connectivity index (χ0) is 9.53. The van der Waals surface area contributed by atoms with E-state index >= 15 is 0 Å². The molecule has 4 nitrogen and oxygen atoms in total. The van der Waals surface area contributed by atoms with Gasteiger partial charge in [-0.15, -0.1) is 0 Å². The second kappa shape index (κ2) is 2.93. The predicted molar refractivity (Wildman–Crippen MR) is 50.7 cm³/mol. The molecule has 0 radical (unpaired) electrons. The van der Waals surface area contributed by atoms with Crippen molar-refractivity contribution in [1.82, 2.24) is 4.31 Å². The van der Waals surface area contributed by atoms with E-state index in [1.807, 2.05) is 0 Å². The van der Waals surface area contributed by atoms with Crippen LogP contribution in [0, 0.1) is 5.41 Å². The molecule has 2 fully saturated rings. The molecule has 0 unspecified atom stereocenters. The van der Waals surface area contributed by atoms with Gasteiger partial charge in [-0.1, -0.05) is 0 Å². The maximum Gasteiger partial charge on any atom is 0.214 e. The lowest BCUT2D eigenvalue weighted by molar-refractivity contribution is 0.350. The number of hydrogen-bond donors (Lipinski definition) is 1. The van der Waals surface area contributed by atoms with Crippen LogP contribution in [0.15, 0.2) is 0 Å². The van der Waals surface area contributed by atoms with Crippen molar-refractivity contribution in [2.24, 2.45) is 11.1 Å². The van der Waals surface area contributed by atoms with Gasteiger partial charge in [0.05, 0.1) is 5.75 Å². The van der Waals surface area contributed by atoms with E-state index in [-0.39, 0.29) is 5.41 Å². The zero-order valence-electron chi connectivity index (χ0n) is 7.70. The maximum atomic E-state index is 11.5. The third-order valence-electron chi connectivity index (χ3n) is 3.11. The Bertz CT molecular complexity index is 295. The molecule has 0 aromatic carbocycles. The largest absolute Gasteiger partial charge is 0.330 e. The van der Waals surface area contributed by atoms with Gasteiger partial charge in [-0.2, -0.15) is 0 Å². The molecule has 2 rings (SSSR count). The van der Waals surface area contributed by atoms with Gasteiger partial charge in [0.2, 0.25) is 10.0 Å². The van der Waals surface area contributed by atoms with Crippen LogP contribution in [-0.2, 0) is 10.0 Å². The maximum absolute atomic E-state index is 11.5. The minimum Gasteiger partial charge on any atom is -0.330 e. The summed E-state index contributed by atoms with van der Waals surface area (Å²) in [5.41, 5.74) is 5.75. The highest BCUT2D eigenvalue weighted by Crippen LogP contribution is 2.45. The lowest BCUT2D eigenvalue weighted by Gasteiger charge is -2.20. The molecule has 1 saturated carbocycles. The topological polar surface area (TPSA) is 63.4 Å². The average molecular weight is 204 g/mol. The molecule has 0 atom stereocenters. The number of hydrogen-bond acceptors (Lipinski definition) is 3. The van der Waals surface area contributed by atoms with Crippen LogP contribution < -0.4 is 5.73 Å². The molecule has 0 spiro atoms. The van der Waals surface area contributed by atoms with Gasteiger partial charge in [-0.25, -0.2) is 12.7 Å². The Morgan fingerprint density at radius 3 is 2.46 bits per heavy atom. The van der Waals surface area contributed by atoms with Crippen molar-refractivity contribution < 1.29 is 8.42 Å². The Morgan fingerprint density at radius 1 is 1.38 bits per heavy atom. The van der Waals surface area contributed by atoms with E-state index in [2.05, 4.69) is 0 Å². The molecule has 0 bridgehead atoms. The van der Waals surface area contributed by atoms with E-state index in [0.717, 1.165) is 19.3 Å². The molecule has 0 aromatic heterocycles. The van der Waals surface area contributed by atoms with Crippen molar-refractivity contribution in [2.45, 2.75) is 19.3 Å². The van der Waals surface area contributed by atoms with Gasteiger partial charge >= 0.3 is 0 Å². The fourth-order valence-electron chi connectivity index (χ4n) is 1.85. The average Bonchev–Trinajstić information content (AvgIpc) is 2.76. The van der Waals surface area contributed by atoms with E-state index in [4.69, 9.17) is 5.73 Å². The standard InChI is InChI=1S/C8H16N2O2S/c9-6-8(2-3-8)7-10-4-1-5-13(10,11)12/h1-7,9H2. The molecule has 2 N–H and O–H groups in total. The molecule has 76 valence electrons. The van der Waals surface area contributed by atoms with Gasteiger partial charge in [0.1, 0.15) is 0 Å². The third-order valence-corrected chi connectivity index (χ3v) is 5.01. The van der Waals surface area contributed by atoms with E-state index < -0.39 is 10.0 Å². The van der Waals surface area contributed by atoms with E-state index in [1.165, 1.54) is 0 Å². The lowest BCUT2D eigenvalue weighted by Crippen LogP contribution is -2.35. The molecular weight excluding hydrogens is 188 g/mol. The zero-order valence-corrected chi connectivity index (χ0v) is 8.52. The number of nitrogens with two attached hydrogens (primary N) is 1. The van der Waals surface area contributed by atoms with Crippen molar-refractivity contribution in [2.75, 3.05) is 25.4 Å². The first kappa shape index (κ1) is 9.43. The highest BCUT2D eigenvalue weighted by atomic mass is 32.2. The Balaban J connectivity index is 2.03. The molecule has 2 aliphatic rings. The fraction of sp³-hybridized carbons (Fsp3) is 1.00. The summed E-state index contributed by atoms with van der Waals surface area (Å²) >= 11 is 0. The summed E-state index contributed by atoms with van der Waals surface area (Å²) in [6.45, 7) is 1.98. The van der Waals surface area contributed by atoms with Crippen molar-refractivity contribution in [1.29, 1.82) is 0 Å². The molecule has 1 aliphatic heterocycles. The van der Waals surface area contributed by atoms with Crippen molar-refractivity contribution in [3.63, 3.8) is 0 Å². The molecule has 1 saturated heterocycles. The monoisotopic (exact) mass is 204 g/mol. The first-order chi connectivity index (χ1) is 6.08. The van der Waals surface area contributed by atoms with E-state index in [1.54, 1.807) is 4.31 Å². The number of nitrogens with zero attached hydrogens (tertiary/aromatic N) is 1. The molecule has 5 heteroatoms. The van der Waals surface area contributed by atoms with Gasteiger partial charge in [0.25, 0.3) is 0 Å². The fourth-order valence-corrected chi connectivity index (χ4v) is 3.48. The number of rotatable bonds is 3. The van der Waals surface area contributed by atoms with Crippen LogP contribution in [0.1, 0.15) is 19.3 Å². The predicted octanol–water partition coefficient (Wildman–Crippen LogP) is -0.239. The molecular formula is C8H16N2O2S. The quantitative estimate of drug-likeness (QED) is 0.690. The van der Waals surface area contributed by atoms with Crippen LogP contribution in [0.25, 0.3) is 0 Å². The van der Waals surface area contributed by atoms with E-state index in [0.29, 0.717) is 25.4 Å². The van der Waals surface area contributed by atoms with Gasteiger partial charge in [0, 0.05) is 13.1 Å². The van der Waals surface area contributed by atoms with E-state index in [9.17, 15) is 8.42 Å². The summed E-state index contributed by atoms with van der Waals surface area (Å²) in [6, 6.07) is 0. The first-order valence-electron chi connectivity index (χ1n) is 4.76. The van der Waals surface area contributed by atoms with Crippen LogP contribution in [0.3, 0.4) is 0 Å².